The van der Waals surface area contributed by atoms with Crippen LogP contribution in [0.15, 0.2) is 65.1 Å². The lowest BCUT2D eigenvalue weighted by Crippen LogP contribution is -2.06. The van der Waals surface area contributed by atoms with Crippen LogP contribution in [-0.4, -0.2) is 13.0 Å². The van der Waals surface area contributed by atoms with Gasteiger partial charge in [0.2, 0.25) is 5.91 Å². The molecule has 0 bridgehead atoms. The van der Waals surface area contributed by atoms with Crippen LogP contribution in [0.1, 0.15) is 18.1 Å². The minimum absolute atomic E-state index is 0.0923. The standard InChI is InChI=1S/C23H22BrClN2O3/c1-15(28)27-20-8-6-19(7-9-20)26-13-17-11-21(24)23(22(12-17)29-2)30-14-16-4-3-5-18(25)10-16/h3-12,26H,13-14H2,1-2H3,(H,27,28). The molecule has 3 aromatic carbocycles. The fourth-order valence-electron chi connectivity index (χ4n) is 2.88. The van der Waals surface area contributed by atoms with Gasteiger partial charge in [-0.3, -0.25) is 4.79 Å². The molecule has 0 spiro atoms. The van der Waals surface area contributed by atoms with E-state index in [0.29, 0.717) is 29.7 Å². The number of hydrogen-bond acceptors (Lipinski definition) is 4. The van der Waals surface area contributed by atoms with Crippen LogP contribution in [0.2, 0.25) is 5.02 Å². The molecule has 0 atom stereocenters. The second kappa shape index (κ2) is 10.4. The van der Waals surface area contributed by atoms with E-state index in [9.17, 15) is 4.79 Å². The highest BCUT2D eigenvalue weighted by Gasteiger charge is 2.12. The van der Waals surface area contributed by atoms with Crippen LogP contribution in [0.5, 0.6) is 11.5 Å². The van der Waals surface area contributed by atoms with Crippen molar-refractivity contribution in [2.75, 3.05) is 17.7 Å². The molecule has 0 aliphatic heterocycles. The van der Waals surface area contributed by atoms with Gasteiger partial charge in [0, 0.05) is 29.9 Å². The Labute approximate surface area is 189 Å². The average Bonchev–Trinajstić information content (AvgIpc) is 2.71. The van der Waals surface area contributed by atoms with Crippen molar-refractivity contribution in [1.29, 1.82) is 0 Å². The SMILES string of the molecule is COc1cc(CNc2ccc(NC(C)=O)cc2)cc(Br)c1OCc1cccc(Cl)c1. The maximum atomic E-state index is 11.1. The summed E-state index contributed by atoms with van der Waals surface area (Å²) in [4.78, 5) is 11.1. The Morgan fingerprint density at radius 2 is 1.77 bits per heavy atom. The summed E-state index contributed by atoms with van der Waals surface area (Å²) in [6.45, 7) is 2.47. The normalized spacial score (nSPS) is 10.4. The zero-order valence-corrected chi connectivity index (χ0v) is 19.0. The first kappa shape index (κ1) is 22.0. The molecule has 1 amide bonds. The van der Waals surface area contributed by atoms with E-state index < -0.39 is 0 Å². The second-order valence-electron chi connectivity index (χ2n) is 6.64. The van der Waals surface area contributed by atoms with Gasteiger partial charge in [-0.1, -0.05) is 23.7 Å². The van der Waals surface area contributed by atoms with Gasteiger partial charge in [0.05, 0.1) is 11.6 Å². The van der Waals surface area contributed by atoms with Gasteiger partial charge in [-0.05, 0) is 75.6 Å². The molecule has 7 heteroatoms. The summed E-state index contributed by atoms with van der Waals surface area (Å²) >= 11 is 9.62. The summed E-state index contributed by atoms with van der Waals surface area (Å²) in [5.41, 5.74) is 3.71. The first-order valence-corrected chi connectivity index (χ1v) is 10.5. The molecule has 0 saturated heterocycles. The molecule has 0 saturated carbocycles. The number of ether oxygens (including phenoxy) is 2. The van der Waals surface area contributed by atoms with Crippen LogP contribution in [0, 0.1) is 0 Å². The summed E-state index contributed by atoms with van der Waals surface area (Å²) < 4.78 is 12.3. The largest absolute Gasteiger partial charge is 0.493 e. The van der Waals surface area contributed by atoms with Gasteiger partial charge in [0.15, 0.2) is 11.5 Å². The number of halogens is 2. The second-order valence-corrected chi connectivity index (χ2v) is 7.93. The highest BCUT2D eigenvalue weighted by Crippen LogP contribution is 2.37. The smallest absolute Gasteiger partial charge is 0.221 e. The van der Waals surface area contributed by atoms with Crippen molar-refractivity contribution in [1.82, 2.24) is 0 Å². The van der Waals surface area contributed by atoms with Crippen molar-refractivity contribution in [2.45, 2.75) is 20.1 Å². The topological polar surface area (TPSA) is 59.6 Å². The highest BCUT2D eigenvalue weighted by atomic mass is 79.9. The predicted molar refractivity (Wildman–Crippen MR) is 125 cm³/mol. The van der Waals surface area contributed by atoms with Gasteiger partial charge in [0.25, 0.3) is 0 Å². The van der Waals surface area contributed by atoms with Gasteiger partial charge < -0.3 is 20.1 Å². The maximum absolute atomic E-state index is 11.1. The van der Waals surface area contributed by atoms with Gasteiger partial charge in [-0.25, -0.2) is 0 Å². The molecule has 0 aromatic heterocycles. The first-order valence-electron chi connectivity index (χ1n) is 9.30. The fraction of sp³-hybridized carbons (Fsp3) is 0.174. The molecule has 3 aromatic rings. The number of benzene rings is 3. The van der Waals surface area contributed by atoms with Crippen molar-refractivity contribution < 1.29 is 14.3 Å². The Balaban J connectivity index is 1.66. The molecule has 2 N–H and O–H groups in total. The quantitative estimate of drug-likeness (QED) is 0.392. The molecular formula is C23H22BrClN2O3. The number of anilines is 2. The van der Waals surface area contributed by atoms with Crippen LogP contribution in [-0.2, 0) is 17.9 Å². The summed E-state index contributed by atoms with van der Waals surface area (Å²) in [6.07, 6.45) is 0. The number of nitrogens with one attached hydrogen (secondary N) is 2. The third-order valence-electron chi connectivity index (χ3n) is 4.26. The van der Waals surface area contributed by atoms with Crippen molar-refractivity contribution in [2.24, 2.45) is 0 Å². The summed E-state index contributed by atoms with van der Waals surface area (Å²) in [7, 11) is 1.62. The average molecular weight is 490 g/mol. The summed E-state index contributed by atoms with van der Waals surface area (Å²) in [6, 6.07) is 19.0. The Morgan fingerprint density at radius 3 is 2.43 bits per heavy atom. The molecule has 0 heterocycles. The third kappa shape index (κ3) is 6.15. The molecule has 0 aliphatic rings. The van der Waals surface area contributed by atoms with Crippen LogP contribution in [0.3, 0.4) is 0 Å². The van der Waals surface area contributed by atoms with E-state index in [-0.39, 0.29) is 5.91 Å². The highest BCUT2D eigenvalue weighted by molar-refractivity contribution is 9.10. The zero-order chi connectivity index (χ0) is 21.5. The molecule has 156 valence electrons. The number of carbonyl (C=O) groups excluding carboxylic acids is 1. The van der Waals surface area contributed by atoms with E-state index >= 15 is 0 Å². The number of amides is 1. The van der Waals surface area contributed by atoms with Gasteiger partial charge in [-0.15, -0.1) is 0 Å². The van der Waals surface area contributed by atoms with E-state index in [1.54, 1.807) is 7.11 Å². The molecule has 0 radical (unpaired) electrons. The van der Waals surface area contributed by atoms with E-state index in [1.807, 2.05) is 60.7 Å². The lowest BCUT2D eigenvalue weighted by Gasteiger charge is -2.15. The maximum Gasteiger partial charge on any atom is 0.221 e. The van der Waals surface area contributed by atoms with Crippen LogP contribution in [0.4, 0.5) is 11.4 Å². The molecular weight excluding hydrogens is 468 g/mol. The monoisotopic (exact) mass is 488 g/mol. The number of rotatable bonds is 8. The predicted octanol–water partition coefficient (Wildman–Crippen LogP) is 6.26. The van der Waals surface area contributed by atoms with E-state index in [4.69, 9.17) is 21.1 Å². The molecule has 30 heavy (non-hydrogen) atoms. The van der Waals surface area contributed by atoms with Crippen molar-refractivity contribution in [3.63, 3.8) is 0 Å². The first-order chi connectivity index (χ1) is 14.4. The van der Waals surface area contributed by atoms with E-state index in [2.05, 4.69) is 26.6 Å². The van der Waals surface area contributed by atoms with Crippen molar-refractivity contribution in [3.8, 4) is 11.5 Å². The summed E-state index contributed by atoms with van der Waals surface area (Å²) in [5.74, 6) is 1.19. The number of carbonyl (C=O) groups is 1. The van der Waals surface area contributed by atoms with Crippen LogP contribution >= 0.6 is 27.5 Å². The lowest BCUT2D eigenvalue weighted by molar-refractivity contribution is -0.114. The number of hydrogen-bond donors (Lipinski definition) is 2. The van der Waals surface area contributed by atoms with E-state index in [1.165, 1.54) is 6.92 Å². The minimum Gasteiger partial charge on any atom is -0.493 e. The molecule has 3 rings (SSSR count). The fourth-order valence-corrected chi connectivity index (χ4v) is 3.69. The Hall–Kier alpha value is -2.70. The lowest BCUT2D eigenvalue weighted by atomic mass is 10.2. The van der Waals surface area contributed by atoms with Gasteiger partial charge in [0.1, 0.15) is 6.61 Å². The number of methoxy groups -OCH3 is 1. The minimum atomic E-state index is -0.0923. The van der Waals surface area contributed by atoms with Crippen molar-refractivity contribution in [3.05, 3.63) is 81.3 Å². The Morgan fingerprint density at radius 1 is 1.03 bits per heavy atom. The molecule has 0 fully saturated rings. The Bertz CT molecular complexity index is 1030. The van der Waals surface area contributed by atoms with Crippen LogP contribution < -0.4 is 20.1 Å². The van der Waals surface area contributed by atoms with Crippen molar-refractivity contribution >= 4 is 44.8 Å². The summed E-state index contributed by atoms with van der Waals surface area (Å²) in [5, 5.41) is 6.78. The van der Waals surface area contributed by atoms with Crippen LogP contribution in [0.25, 0.3) is 0 Å². The van der Waals surface area contributed by atoms with Gasteiger partial charge in [-0.2, -0.15) is 0 Å². The third-order valence-corrected chi connectivity index (χ3v) is 5.09. The molecule has 0 unspecified atom stereocenters. The zero-order valence-electron chi connectivity index (χ0n) is 16.7. The Kier molecular flexibility index (Phi) is 7.60. The van der Waals surface area contributed by atoms with Gasteiger partial charge >= 0.3 is 0 Å². The molecule has 5 nitrogen and oxygen atoms in total. The van der Waals surface area contributed by atoms with E-state index in [0.717, 1.165) is 27.0 Å². The molecule has 0 aliphatic carbocycles.